The highest BCUT2D eigenvalue weighted by atomic mass is 16.5. The number of ether oxygens (including phenoxy) is 2. The molecule has 0 aliphatic rings. The minimum atomic E-state index is -0.329. The second-order valence-corrected chi connectivity index (χ2v) is 4.16. The minimum absolute atomic E-state index is 0.204. The maximum absolute atomic E-state index is 11.5. The third-order valence-corrected chi connectivity index (χ3v) is 2.69. The third kappa shape index (κ3) is 4.75. The average molecular weight is 251 g/mol. The second kappa shape index (κ2) is 7.71. The van der Waals surface area contributed by atoms with E-state index < -0.39 is 0 Å². The van der Waals surface area contributed by atoms with Crippen LogP contribution in [0.3, 0.4) is 0 Å². The zero-order valence-corrected chi connectivity index (χ0v) is 11.0. The first-order chi connectivity index (χ1) is 8.67. The number of rotatable bonds is 7. The highest BCUT2D eigenvalue weighted by Crippen LogP contribution is 2.18. The summed E-state index contributed by atoms with van der Waals surface area (Å²) < 4.78 is 10.1. The summed E-state index contributed by atoms with van der Waals surface area (Å²) in [6, 6.07) is 7.06. The van der Waals surface area contributed by atoms with Crippen LogP contribution in [0.1, 0.15) is 37.8 Å². The van der Waals surface area contributed by atoms with Crippen LogP contribution in [0, 0.1) is 0 Å². The lowest BCUT2D eigenvalue weighted by atomic mass is 10.0. The monoisotopic (exact) mass is 251 g/mol. The predicted molar refractivity (Wildman–Crippen MR) is 70.4 cm³/mol. The molecule has 1 rings (SSSR count). The third-order valence-electron chi connectivity index (χ3n) is 2.69. The maximum Gasteiger partial charge on any atom is 0.307 e. The molecule has 1 aromatic rings. The van der Waals surface area contributed by atoms with Crippen molar-refractivity contribution in [3.05, 3.63) is 29.8 Å². The van der Waals surface area contributed by atoms with Gasteiger partial charge in [-0.3, -0.25) is 4.79 Å². The Balaban J connectivity index is 2.43. The first-order valence-electron chi connectivity index (χ1n) is 6.22. The summed E-state index contributed by atoms with van der Waals surface area (Å²) in [5.74, 6) is 0.531. The van der Waals surface area contributed by atoms with Crippen LogP contribution in [-0.2, 0) is 9.53 Å². The maximum atomic E-state index is 11.5. The van der Waals surface area contributed by atoms with Crippen LogP contribution < -0.4 is 10.5 Å². The molecule has 0 heterocycles. The van der Waals surface area contributed by atoms with Crippen molar-refractivity contribution in [2.75, 3.05) is 13.7 Å². The topological polar surface area (TPSA) is 61.5 Å². The van der Waals surface area contributed by atoms with Crippen LogP contribution in [0.15, 0.2) is 24.3 Å². The predicted octanol–water partition coefficient (Wildman–Crippen LogP) is 2.43. The summed E-state index contributed by atoms with van der Waals surface area (Å²) in [4.78, 5) is 11.5. The molecule has 0 aromatic heterocycles. The molecule has 1 unspecified atom stereocenters. The Morgan fingerprint density at radius 1 is 1.33 bits per heavy atom. The molecule has 1 aromatic carbocycles. The molecular formula is C14H21NO3. The Hall–Kier alpha value is -1.55. The zero-order valence-electron chi connectivity index (χ0n) is 11.0. The van der Waals surface area contributed by atoms with Crippen molar-refractivity contribution < 1.29 is 14.3 Å². The van der Waals surface area contributed by atoms with Crippen molar-refractivity contribution >= 4 is 5.97 Å². The number of benzene rings is 1. The number of carbonyl (C=O) groups excluding carboxylic acids is 1. The number of esters is 1. The molecule has 18 heavy (non-hydrogen) atoms. The summed E-state index contributed by atoms with van der Waals surface area (Å²) in [6.07, 6.45) is 2.11. The van der Waals surface area contributed by atoms with E-state index in [-0.39, 0.29) is 18.4 Å². The van der Waals surface area contributed by atoms with Gasteiger partial charge in [-0.05, 0) is 24.1 Å². The van der Waals surface area contributed by atoms with Crippen molar-refractivity contribution in [1.29, 1.82) is 0 Å². The summed E-state index contributed by atoms with van der Waals surface area (Å²) in [7, 11) is 1.61. The normalized spacial score (nSPS) is 11.9. The number of hydrogen-bond donors (Lipinski definition) is 1. The van der Waals surface area contributed by atoms with E-state index in [0.29, 0.717) is 6.61 Å². The van der Waals surface area contributed by atoms with E-state index in [1.165, 1.54) is 0 Å². The van der Waals surface area contributed by atoms with Gasteiger partial charge in [0.25, 0.3) is 0 Å². The van der Waals surface area contributed by atoms with E-state index >= 15 is 0 Å². The van der Waals surface area contributed by atoms with E-state index in [0.717, 1.165) is 24.2 Å². The van der Waals surface area contributed by atoms with Crippen molar-refractivity contribution in [3.8, 4) is 5.75 Å². The molecular weight excluding hydrogens is 230 g/mol. The molecule has 0 saturated heterocycles. The molecule has 1 atom stereocenters. The van der Waals surface area contributed by atoms with Gasteiger partial charge in [0.15, 0.2) is 0 Å². The zero-order chi connectivity index (χ0) is 13.4. The van der Waals surface area contributed by atoms with Crippen LogP contribution >= 0.6 is 0 Å². The molecule has 0 amide bonds. The fourth-order valence-corrected chi connectivity index (χ4v) is 1.54. The van der Waals surface area contributed by atoms with Gasteiger partial charge in [0.1, 0.15) is 5.75 Å². The quantitative estimate of drug-likeness (QED) is 0.597. The molecule has 2 N–H and O–H groups in total. The van der Waals surface area contributed by atoms with Gasteiger partial charge in [-0.1, -0.05) is 25.5 Å². The lowest BCUT2D eigenvalue weighted by molar-refractivity contribution is -0.144. The Kier molecular flexibility index (Phi) is 6.22. The molecule has 4 heteroatoms. The van der Waals surface area contributed by atoms with Gasteiger partial charge in [0, 0.05) is 6.04 Å². The largest absolute Gasteiger partial charge is 0.497 e. The van der Waals surface area contributed by atoms with Gasteiger partial charge in [-0.15, -0.1) is 0 Å². The van der Waals surface area contributed by atoms with E-state index in [2.05, 4.69) is 6.92 Å². The van der Waals surface area contributed by atoms with E-state index in [9.17, 15) is 4.79 Å². The number of unbranched alkanes of at least 4 members (excludes halogenated alkanes) is 1. The molecule has 4 nitrogen and oxygen atoms in total. The van der Waals surface area contributed by atoms with Gasteiger partial charge >= 0.3 is 5.97 Å². The van der Waals surface area contributed by atoms with E-state index in [1.807, 2.05) is 24.3 Å². The summed E-state index contributed by atoms with van der Waals surface area (Å²) in [5.41, 5.74) is 6.86. The van der Waals surface area contributed by atoms with Gasteiger partial charge in [-0.2, -0.15) is 0 Å². The molecule has 0 bridgehead atoms. The fourth-order valence-electron chi connectivity index (χ4n) is 1.54. The van der Waals surface area contributed by atoms with Gasteiger partial charge in [0.2, 0.25) is 0 Å². The van der Waals surface area contributed by atoms with Crippen LogP contribution in [0.2, 0.25) is 0 Å². The summed E-state index contributed by atoms with van der Waals surface area (Å²) in [6.45, 7) is 2.53. The summed E-state index contributed by atoms with van der Waals surface area (Å²) >= 11 is 0. The lowest BCUT2D eigenvalue weighted by Crippen LogP contribution is -2.17. The van der Waals surface area contributed by atoms with Crippen LogP contribution in [0.25, 0.3) is 0 Å². The van der Waals surface area contributed by atoms with Gasteiger partial charge < -0.3 is 15.2 Å². The van der Waals surface area contributed by atoms with E-state index in [4.69, 9.17) is 15.2 Å². The Morgan fingerprint density at radius 2 is 2.00 bits per heavy atom. The van der Waals surface area contributed by atoms with Crippen molar-refractivity contribution in [2.45, 2.75) is 32.2 Å². The van der Waals surface area contributed by atoms with Crippen LogP contribution in [0.4, 0.5) is 0 Å². The van der Waals surface area contributed by atoms with Crippen molar-refractivity contribution in [3.63, 3.8) is 0 Å². The molecule has 0 saturated carbocycles. The number of carbonyl (C=O) groups is 1. The van der Waals surface area contributed by atoms with Crippen LogP contribution in [-0.4, -0.2) is 19.7 Å². The average Bonchev–Trinajstić information content (AvgIpc) is 2.39. The Labute approximate surface area is 108 Å². The fraction of sp³-hybridized carbons (Fsp3) is 0.500. The highest BCUT2D eigenvalue weighted by molar-refractivity contribution is 5.70. The van der Waals surface area contributed by atoms with Crippen molar-refractivity contribution in [2.24, 2.45) is 5.73 Å². The van der Waals surface area contributed by atoms with Gasteiger partial charge in [0.05, 0.1) is 20.1 Å². The minimum Gasteiger partial charge on any atom is -0.497 e. The lowest BCUT2D eigenvalue weighted by Gasteiger charge is -2.12. The molecule has 0 spiro atoms. The smallest absolute Gasteiger partial charge is 0.307 e. The first-order valence-corrected chi connectivity index (χ1v) is 6.22. The second-order valence-electron chi connectivity index (χ2n) is 4.16. The highest BCUT2D eigenvalue weighted by Gasteiger charge is 2.12. The van der Waals surface area contributed by atoms with Crippen LogP contribution in [0.5, 0.6) is 5.75 Å². The Morgan fingerprint density at radius 3 is 2.56 bits per heavy atom. The molecule has 0 radical (unpaired) electrons. The molecule has 0 aliphatic carbocycles. The first kappa shape index (κ1) is 14.5. The van der Waals surface area contributed by atoms with E-state index in [1.54, 1.807) is 7.11 Å². The number of nitrogens with two attached hydrogens (primary N) is 1. The summed E-state index contributed by atoms with van der Waals surface area (Å²) in [5, 5.41) is 0. The number of methoxy groups -OCH3 is 1. The Bertz CT molecular complexity index is 362. The van der Waals surface area contributed by atoms with Gasteiger partial charge in [-0.25, -0.2) is 0 Å². The number of hydrogen-bond acceptors (Lipinski definition) is 4. The molecule has 0 fully saturated rings. The van der Waals surface area contributed by atoms with Crippen molar-refractivity contribution in [1.82, 2.24) is 0 Å². The molecule has 0 aliphatic heterocycles. The SMILES string of the molecule is CCCCOC(=O)CC(N)c1ccc(OC)cc1. The standard InChI is InChI=1S/C14H21NO3/c1-3-4-9-18-14(16)10-13(15)11-5-7-12(17-2)8-6-11/h5-8,13H,3-4,9-10,15H2,1-2H3. The molecule has 100 valence electrons.